The first-order valence-electron chi connectivity index (χ1n) is 9.74. The van der Waals surface area contributed by atoms with Crippen LogP contribution in [0.15, 0.2) is 48.8 Å². The summed E-state index contributed by atoms with van der Waals surface area (Å²) in [5.74, 6) is -0.376. The first kappa shape index (κ1) is 19.3. The summed E-state index contributed by atoms with van der Waals surface area (Å²) in [5.41, 5.74) is 4.27. The zero-order valence-electron chi connectivity index (χ0n) is 16.3. The Morgan fingerprint density at radius 2 is 1.93 bits per heavy atom. The van der Waals surface area contributed by atoms with Crippen LogP contribution in [0.5, 0.6) is 0 Å². The second-order valence-electron chi connectivity index (χ2n) is 7.04. The summed E-state index contributed by atoms with van der Waals surface area (Å²) in [7, 11) is 0. The second kappa shape index (κ2) is 8.53. The summed E-state index contributed by atoms with van der Waals surface area (Å²) < 4.78 is 20.7. The lowest BCUT2D eigenvalue weighted by molar-refractivity contribution is 0.0733. The van der Waals surface area contributed by atoms with Gasteiger partial charge < -0.3 is 9.64 Å². The largest absolute Gasteiger partial charge is 0.376 e. The van der Waals surface area contributed by atoms with Crippen LogP contribution >= 0.6 is 0 Å². The number of aromatic nitrogens is 3. The third-order valence-corrected chi connectivity index (χ3v) is 5.14. The van der Waals surface area contributed by atoms with Crippen molar-refractivity contribution in [3.8, 4) is 0 Å². The number of hydrogen-bond acceptors (Lipinski definition) is 4. The summed E-state index contributed by atoms with van der Waals surface area (Å²) in [6, 6.07) is 10.2. The van der Waals surface area contributed by atoms with E-state index in [4.69, 9.17) is 4.74 Å². The molecule has 0 N–H and O–H groups in total. The standard InChI is InChI=1S/C22H23FN4O2/c1-2-26(13-17-7-10-24-11-8-17)22(28)21-19-15-29-12-9-20(19)27(25-21)14-16-3-5-18(23)6-4-16/h3-8,10-11H,2,9,12-15H2,1H3. The van der Waals surface area contributed by atoms with Gasteiger partial charge in [0, 0.05) is 43.2 Å². The third-order valence-electron chi connectivity index (χ3n) is 5.14. The van der Waals surface area contributed by atoms with Gasteiger partial charge in [-0.15, -0.1) is 0 Å². The molecule has 0 saturated heterocycles. The first-order chi connectivity index (χ1) is 14.2. The summed E-state index contributed by atoms with van der Waals surface area (Å²) in [5, 5.41) is 4.66. The van der Waals surface area contributed by atoms with E-state index in [0.717, 1.165) is 22.4 Å². The highest BCUT2D eigenvalue weighted by Gasteiger charge is 2.28. The molecule has 3 heterocycles. The maximum Gasteiger partial charge on any atom is 0.275 e. The van der Waals surface area contributed by atoms with E-state index in [0.29, 0.717) is 45.0 Å². The summed E-state index contributed by atoms with van der Waals surface area (Å²) >= 11 is 0. The molecule has 150 valence electrons. The van der Waals surface area contributed by atoms with Crippen molar-refractivity contribution in [2.45, 2.75) is 33.0 Å². The molecule has 0 unspecified atom stereocenters. The van der Waals surface area contributed by atoms with Crippen LogP contribution in [0.4, 0.5) is 4.39 Å². The van der Waals surface area contributed by atoms with Crippen LogP contribution in [0.25, 0.3) is 0 Å². The SMILES string of the molecule is CCN(Cc1ccncc1)C(=O)c1nn(Cc2ccc(F)cc2)c2c1COCC2. The molecule has 0 spiro atoms. The zero-order valence-corrected chi connectivity index (χ0v) is 16.3. The van der Waals surface area contributed by atoms with Gasteiger partial charge in [0.25, 0.3) is 5.91 Å². The number of fused-ring (bicyclic) bond motifs is 1. The Bertz CT molecular complexity index is 986. The molecule has 0 aliphatic carbocycles. The number of ether oxygens (including phenoxy) is 1. The van der Waals surface area contributed by atoms with Crippen molar-refractivity contribution in [2.24, 2.45) is 0 Å². The molecule has 7 heteroatoms. The third kappa shape index (κ3) is 4.19. The molecule has 1 aliphatic rings. The van der Waals surface area contributed by atoms with Gasteiger partial charge in [0.15, 0.2) is 5.69 Å². The minimum absolute atomic E-state index is 0.107. The molecular weight excluding hydrogens is 371 g/mol. The van der Waals surface area contributed by atoms with E-state index in [9.17, 15) is 9.18 Å². The molecule has 1 aliphatic heterocycles. The molecule has 29 heavy (non-hydrogen) atoms. The van der Waals surface area contributed by atoms with E-state index in [1.165, 1.54) is 12.1 Å². The first-order valence-corrected chi connectivity index (χ1v) is 9.74. The molecule has 1 aromatic carbocycles. The van der Waals surface area contributed by atoms with Crippen LogP contribution in [0, 0.1) is 5.82 Å². The number of rotatable bonds is 6. The fourth-order valence-electron chi connectivity index (χ4n) is 3.56. The van der Waals surface area contributed by atoms with Gasteiger partial charge in [-0.05, 0) is 42.3 Å². The molecule has 1 amide bonds. The van der Waals surface area contributed by atoms with Gasteiger partial charge in [-0.25, -0.2) is 4.39 Å². The van der Waals surface area contributed by atoms with E-state index >= 15 is 0 Å². The monoisotopic (exact) mass is 394 g/mol. The van der Waals surface area contributed by atoms with E-state index in [-0.39, 0.29) is 11.7 Å². The van der Waals surface area contributed by atoms with Crippen molar-refractivity contribution in [1.82, 2.24) is 19.7 Å². The second-order valence-corrected chi connectivity index (χ2v) is 7.04. The highest BCUT2D eigenvalue weighted by Crippen LogP contribution is 2.24. The fourth-order valence-corrected chi connectivity index (χ4v) is 3.56. The molecule has 3 aromatic rings. The van der Waals surface area contributed by atoms with Gasteiger partial charge in [-0.3, -0.25) is 14.5 Å². The van der Waals surface area contributed by atoms with Gasteiger partial charge in [-0.1, -0.05) is 12.1 Å². The predicted octanol–water partition coefficient (Wildman–Crippen LogP) is 3.20. The van der Waals surface area contributed by atoms with E-state index < -0.39 is 0 Å². The van der Waals surface area contributed by atoms with Crippen LogP contribution in [0.2, 0.25) is 0 Å². The number of carbonyl (C=O) groups is 1. The number of hydrogen-bond donors (Lipinski definition) is 0. The topological polar surface area (TPSA) is 60.2 Å². The molecule has 0 bridgehead atoms. The molecule has 0 saturated carbocycles. The van der Waals surface area contributed by atoms with Crippen molar-refractivity contribution in [3.63, 3.8) is 0 Å². The van der Waals surface area contributed by atoms with Crippen molar-refractivity contribution in [3.05, 3.63) is 82.7 Å². The molecular formula is C22H23FN4O2. The summed E-state index contributed by atoms with van der Waals surface area (Å²) in [6.07, 6.45) is 4.15. The van der Waals surface area contributed by atoms with Crippen LogP contribution in [-0.4, -0.2) is 38.7 Å². The van der Waals surface area contributed by atoms with Gasteiger partial charge in [0.05, 0.1) is 19.8 Å². The van der Waals surface area contributed by atoms with Crippen LogP contribution in [0.1, 0.15) is 39.8 Å². The number of pyridine rings is 1. The van der Waals surface area contributed by atoms with Crippen molar-refractivity contribution < 1.29 is 13.9 Å². The van der Waals surface area contributed by atoms with E-state index in [1.807, 2.05) is 23.7 Å². The van der Waals surface area contributed by atoms with E-state index in [1.54, 1.807) is 29.4 Å². The number of halogens is 1. The number of nitrogens with zero attached hydrogens (tertiary/aromatic N) is 4. The highest BCUT2D eigenvalue weighted by molar-refractivity contribution is 5.94. The summed E-state index contributed by atoms with van der Waals surface area (Å²) in [4.78, 5) is 19.1. The Kier molecular flexibility index (Phi) is 5.67. The molecule has 0 radical (unpaired) electrons. The van der Waals surface area contributed by atoms with Crippen LogP contribution in [-0.2, 0) is 30.9 Å². The minimum atomic E-state index is -0.268. The molecule has 6 nitrogen and oxygen atoms in total. The van der Waals surface area contributed by atoms with Crippen molar-refractivity contribution >= 4 is 5.91 Å². The van der Waals surface area contributed by atoms with Gasteiger partial charge >= 0.3 is 0 Å². The van der Waals surface area contributed by atoms with Crippen LogP contribution in [0.3, 0.4) is 0 Å². The normalized spacial score (nSPS) is 13.2. The van der Waals surface area contributed by atoms with Crippen molar-refractivity contribution in [1.29, 1.82) is 0 Å². The lowest BCUT2D eigenvalue weighted by Crippen LogP contribution is -2.31. The average molecular weight is 394 g/mol. The Morgan fingerprint density at radius 3 is 2.66 bits per heavy atom. The van der Waals surface area contributed by atoms with Gasteiger partial charge in [-0.2, -0.15) is 5.10 Å². The molecule has 2 aromatic heterocycles. The lowest BCUT2D eigenvalue weighted by Gasteiger charge is -2.21. The summed E-state index contributed by atoms with van der Waals surface area (Å²) in [6.45, 7) is 4.50. The minimum Gasteiger partial charge on any atom is -0.376 e. The smallest absolute Gasteiger partial charge is 0.275 e. The number of carbonyl (C=O) groups excluding carboxylic acids is 1. The Morgan fingerprint density at radius 1 is 1.17 bits per heavy atom. The number of benzene rings is 1. The fraction of sp³-hybridized carbons (Fsp3) is 0.318. The molecule has 0 fully saturated rings. The van der Waals surface area contributed by atoms with Gasteiger partial charge in [0.1, 0.15) is 5.82 Å². The van der Waals surface area contributed by atoms with E-state index in [2.05, 4.69) is 10.1 Å². The van der Waals surface area contributed by atoms with Gasteiger partial charge in [0.2, 0.25) is 0 Å². The van der Waals surface area contributed by atoms with Crippen LogP contribution < -0.4 is 0 Å². The maximum atomic E-state index is 13.3. The van der Waals surface area contributed by atoms with Crippen molar-refractivity contribution in [2.75, 3.05) is 13.2 Å². The maximum absolute atomic E-state index is 13.3. The highest BCUT2D eigenvalue weighted by atomic mass is 19.1. The molecule has 4 rings (SSSR count). The lowest BCUT2D eigenvalue weighted by atomic mass is 10.1. The number of amides is 1. The molecule has 0 atom stereocenters. The average Bonchev–Trinajstić information content (AvgIpc) is 3.12. The zero-order chi connectivity index (χ0) is 20.2. The predicted molar refractivity (Wildman–Crippen MR) is 106 cm³/mol. The quantitative estimate of drug-likeness (QED) is 0.644. The Labute approximate surface area is 168 Å². The Balaban J connectivity index is 1.63. The Hall–Kier alpha value is -3.06.